The highest BCUT2D eigenvalue weighted by Gasteiger charge is 2.36. The Labute approximate surface area is 151 Å². The monoisotopic (exact) mass is 351 g/mol. The number of hydrogen-bond donors (Lipinski definition) is 0. The summed E-state index contributed by atoms with van der Waals surface area (Å²) in [7, 11) is 0. The highest BCUT2D eigenvalue weighted by Crippen LogP contribution is 2.37. The summed E-state index contributed by atoms with van der Waals surface area (Å²) in [6.45, 7) is 4.66. The third kappa shape index (κ3) is 2.81. The molecule has 26 heavy (non-hydrogen) atoms. The highest BCUT2D eigenvalue weighted by atomic mass is 16.5. The standard InChI is InChI=1S/C20H21N3O3/c1-3-17-19(13(2)21-25-17)16-10-7-11-23(16)20(24)18-12-15(22-26-18)14-8-5-4-6-9-14/h4-6,8-9,12,16H,3,7,10-11H2,1-2H3. The molecule has 6 heteroatoms. The van der Waals surface area contributed by atoms with Crippen LogP contribution in [0.1, 0.15) is 53.4 Å². The molecule has 2 aromatic heterocycles. The fraction of sp³-hybridized carbons (Fsp3) is 0.350. The second-order valence-corrected chi connectivity index (χ2v) is 6.56. The van der Waals surface area contributed by atoms with E-state index in [0.29, 0.717) is 12.2 Å². The summed E-state index contributed by atoms with van der Waals surface area (Å²) >= 11 is 0. The Morgan fingerprint density at radius 2 is 2.04 bits per heavy atom. The molecule has 1 saturated heterocycles. The minimum Gasteiger partial charge on any atom is -0.361 e. The normalized spacial score (nSPS) is 17.0. The maximum Gasteiger partial charge on any atom is 0.293 e. The van der Waals surface area contributed by atoms with E-state index in [4.69, 9.17) is 9.05 Å². The van der Waals surface area contributed by atoms with Gasteiger partial charge < -0.3 is 13.9 Å². The maximum atomic E-state index is 13.0. The van der Waals surface area contributed by atoms with Crippen molar-refractivity contribution in [1.29, 1.82) is 0 Å². The fourth-order valence-electron chi connectivity index (χ4n) is 3.68. The molecule has 1 atom stereocenters. The Morgan fingerprint density at radius 1 is 1.23 bits per heavy atom. The number of aromatic nitrogens is 2. The Bertz CT molecular complexity index is 914. The number of amides is 1. The molecule has 0 aliphatic carbocycles. The first kappa shape index (κ1) is 16.6. The molecule has 0 spiro atoms. The molecular formula is C20H21N3O3. The molecule has 1 amide bonds. The molecular weight excluding hydrogens is 330 g/mol. The minimum absolute atomic E-state index is 0.0195. The SMILES string of the molecule is CCc1onc(C)c1C1CCCN1C(=O)c1cc(-c2ccccc2)no1. The van der Waals surface area contributed by atoms with Crippen LogP contribution in [0.4, 0.5) is 0 Å². The topological polar surface area (TPSA) is 72.4 Å². The van der Waals surface area contributed by atoms with Crippen LogP contribution in [-0.2, 0) is 6.42 Å². The Hall–Kier alpha value is -2.89. The van der Waals surface area contributed by atoms with Crippen molar-refractivity contribution >= 4 is 5.91 Å². The molecule has 1 fully saturated rings. The number of carbonyl (C=O) groups is 1. The van der Waals surface area contributed by atoms with Gasteiger partial charge in [0, 0.05) is 30.2 Å². The van der Waals surface area contributed by atoms with Gasteiger partial charge in [-0.15, -0.1) is 0 Å². The van der Waals surface area contributed by atoms with Gasteiger partial charge in [-0.1, -0.05) is 47.6 Å². The lowest BCUT2D eigenvalue weighted by atomic mass is 10.0. The molecule has 134 valence electrons. The van der Waals surface area contributed by atoms with Crippen LogP contribution in [0.5, 0.6) is 0 Å². The molecule has 3 heterocycles. The lowest BCUT2D eigenvalue weighted by molar-refractivity contribution is 0.0692. The third-order valence-electron chi connectivity index (χ3n) is 4.94. The van der Waals surface area contributed by atoms with Crippen molar-refractivity contribution in [2.45, 2.75) is 39.2 Å². The maximum absolute atomic E-state index is 13.0. The molecule has 4 rings (SSSR count). The number of likely N-dealkylation sites (tertiary alicyclic amines) is 1. The van der Waals surface area contributed by atoms with E-state index >= 15 is 0 Å². The predicted molar refractivity (Wildman–Crippen MR) is 95.6 cm³/mol. The van der Waals surface area contributed by atoms with Gasteiger partial charge in [0.1, 0.15) is 11.5 Å². The van der Waals surface area contributed by atoms with Gasteiger partial charge in [0.15, 0.2) is 0 Å². The number of rotatable bonds is 4. The van der Waals surface area contributed by atoms with Crippen molar-refractivity contribution in [3.8, 4) is 11.3 Å². The van der Waals surface area contributed by atoms with Crippen LogP contribution in [0.3, 0.4) is 0 Å². The first-order chi connectivity index (χ1) is 12.7. The van der Waals surface area contributed by atoms with Crippen LogP contribution in [0, 0.1) is 6.92 Å². The van der Waals surface area contributed by atoms with Crippen LogP contribution in [0.25, 0.3) is 11.3 Å². The molecule has 1 aliphatic rings. The number of hydrogen-bond acceptors (Lipinski definition) is 5. The van der Waals surface area contributed by atoms with Crippen molar-refractivity contribution in [1.82, 2.24) is 15.2 Å². The van der Waals surface area contributed by atoms with E-state index in [1.54, 1.807) is 6.07 Å². The number of carbonyl (C=O) groups excluding carboxylic acids is 1. The summed E-state index contributed by atoms with van der Waals surface area (Å²) in [6.07, 6.45) is 2.61. The van der Waals surface area contributed by atoms with Crippen molar-refractivity contribution in [3.63, 3.8) is 0 Å². The Balaban J connectivity index is 1.62. The summed E-state index contributed by atoms with van der Waals surface area (Å²) in [4.78, 5) is 14.9. The first-order valence-corrected chi connectivity index (χ1v) is 8.97. The molecule has 3 aromatic rings. The van der Waals surface area contributed by atoms with E-state index in [1.807, 2.05) is 49.1 Å². The minimum atomic E-state index is -0.134. The largest absolute Gasteiger partial charge is 0.361 e. The second-order valence-electron chi connectivity index (χ2n) is 6.56. The zero-order valence-corrected chi connectivity index (χ0v) is 14.9. The smallest absolute Gasteiger partial charge is 0.293 e. The molecule has 0 radical (unpaired) electrons. The Kier molecular flexibility index (Phi) is 4.32. The van der Waals surface area contributed by atoms with Gasteiger partial charge in [0.05, 0.1) is 11.7 Å². The van der Waals surface area contributed by atoms with Crippen LogP contribution >= 0.6 is 0 Å². The van der Waals surface area contributed by atoms with Crippen LogP contribution in [0.15, 0.2) is 45.4 Å². The van der Waals surface area contributed by atoms with Gasteiger partial charge in [-0.2, -0.15) is 0 Å². The lowest BCUT2D eigenvalue weighted by Crippen LogP contribution is -2.30. The van der Waals surface area contributed by atoms with E-state index in [0.717, 1.165) is 41.8 Å². The predicted octanol–water partition coefficient (Wildman–Crippen LogP) is 4.18. The number of benzene rings is 1. The van der Waals surface area contributed by atoms with Crippen LogP contribution in [0.2, 0.25) is 0 Å². The van der Waals surface area contributed by atoms with E-state index in [9.17, 15) is 4.79 Å². The van der Waals surface area contributed by atoms with Crippen molar-refractivity contribution in [3.05, 3.63) is 59.2 Å². The third-order valence-corrected chi connectivity index (χ3v) is 4.94. The van der Waals surface area contributed by atoms with E-state index < -0.39 is 0 Å². The molecule has 1 aliphatic heterocycles. The quantitative estimate of drug-likeness (QED) is 0.705. The first-order valence-electron chi connectivity index (χ1n) is 8.97. The number of aryl methyl sites for hydroxylation is 2. The highest BCUT2D eigenvalue weighted by molar-refractivity contribution is 5.93. The molecule has 0 saturated carbocycles. The van der Waals surface area contributed by atoms with Gasteiger partial charge >= 0.3 is 0 Å². The lowest BCUT2D eigenvalue weighted by Gasteiger charge is -2.23. The van der Waals surface area contributed by atoms with Gasteiger partial charge in [0.25, 0.3) is 5.91 Å². The summed E-state index contributed by atoms with van der Waals surface area (Å²) in [5, 5.41) is 8.16. The Morgan fingerprint density at radius 3 is 2.81 bits per heavy atom. The van der Waals surface area contributed by atoms with E-state index in [2.05, 4.69) is 10.3 Å². The second kappa shape index (κ2) is 6.78. The summed E-state index contributed by atoms with van der Waals surface area (Å²) < 4.78 is 10.8. The van der Waals surface area contributed by atoms with Gasteiger partial charge in [-0.25, -0.2) is 0 Å². The summed E-state index contributed by atoms with van der Waals surface area (Å²) in [5.74, 6) is 0.988. The van der Waals surface area contributed by atoms with Gasteiger partial charge in [-0.05, 0) is 19.8 Å². The zero-order valence-electron chi connectivity index (χ0n) is 14.9. The molecule has 1 aromatic carbocycles. The molecule has 1 unspecified atom stereocenters. The molecule has 0 bridgehead atoms. The average molecular weight is 351 g/mol. The van der Waals surface area contributed by atoms with Crippen LogP contribution < -0.4 is 0 Å². The van der Waals surface area contributed by atoms with Gasteiger partial charge in [-0.3, -0.25) is 4.79 Å². The van der Waals surface area contributed by atoms with E-state index in [-0.39, 0.29) is 17.7 Å². The summed E-state index contributed by atoms with van der Waals surface area (Å²) in [5.41, 5.74) is 3.49. The zero-order chi connectivity index (χ0) is 18.1. The summed E-state index contributed by atoms with van der Waals surface area (Å²) in [6, 6.07) is 11.4. The van der Waals surface area contributed by atoms with Gasteiger partial charge in [0.2, 0.25) is 5.76 Å². The average Bonchev–Trinajstić information content (AvgIpc) is 3.41. The van der Waals surface area contributed by atoms with Crippen molar-refractivity contribution < 1.29 is 13.8 Å². The molecule has 6 nitrogen and oxygen atoms in total. The van der Waals surface area contributed by atoms with Crippen LogP contribution in [-0.4, -0.2) is 27.7 Å². The van der Waals surface area contributed by atoms with Crippen molar-refractivity contribution in [2.75, 3.05) is 6.54 Å². The molecule has 0 N–H and O–H groups in total. The number of nitrogens with zero attached hydrogens (tertiary/aromatic N) is 3. The van der Waals surface area contributed by atoms with Crippen molar-refractivity contribution in [2.24, 2.45) is 0 Å². The fourth-order valence-corrected chi connectivity index (χ4v) is 3.68. The van der Waals surface area contributed by atoms with E-state index in [1.165, 1.54) is 0 Å².